The van der Waals surface area contributed by atoms with Crippen molar-refractivity contribution in [3.8, 4) is 11.5 Å². The van der Waals surface area contributed by atoms with Crippen molar-refractivity contribution in [1.29, 1.82) is 0 Å². The largest absolute Gasteiger partial charge is 0.484 e. The van der Waals surface area contributed by atoms with Gasteiger partial charge in [0.05, 0.1) is 11.8 Å². The molecule has 0 bridgehead atoms. The lowest BCUT2D eigenvalue weighted by Gasteiger charge is -2.11. The number of ether oxygens (including phenoxy) is 2. The lowest BCUT2D eigenvalue weighted by atomic mass is 10.0. The van der Waals surface area contributed by atoms with Gasteiger partial charge in [-0.1, -0.05) is 66.2 Å². The number of carbonyl (C=O) groups excluding carboxylic acids is 2. The van der Waals surface area contributed by atoms with E-state index in [9.17, 15) is 9.59 Å². The normalized spacial score (nSPS) is 10.8. The predicted octanol–water partition coefficient (Wildman–Crippen LogP) is 4.90. The van der Waals surface area contributed by atoms with Crippen molar-refractivity contribution in [3.05, 3.63) is 108 Å². The molecule has 0 heterocycles. The molecule has 1 N–H and O–H groups in total. The van der Waals surface area contributed by atoms with E-state index in [1.54, 1.807) is 30.3 Å². The van der Waals surface area contributed by atoms with Crippen molar-refractivity contribution in [1.82, 2.24) is 5.43 Å². The number of hydrogen-bond acceptors (Lipinski definition) is 5. The van der Waals surface area contributed by atoms with Crippen LogP contribution in [0.15, 0.2) is 96.1 Å². The maximum absolute atomic E-state index is 12.7. The summed E-state index contributed by atoms with van der Waals surface area (Å²) in [5.41, 5.74) is 4.45. The number of rotatable bonds is 7. The zero-order valence-electron chi connectivity index (χ0n) is 18.0. The van der Waals surface area contributed by atoms with E-state index in [0.29, 0.717) is 22.6 Å². The third kappa shape index (κ3) is 5.62. The van der Waals surface area contributed by atoms with Crippen LogP contribution in [0.3, 0.4) is 0 Å². The molecule has 0 aromatic heterocycles. The van der Waals surface area contributed by atoms with Crippen molar-refractivity contribution in [3.63, 3.8) is 0 Å². The minimum absolute atomic E-state index is 0.175. The molecular weight excluding hydrogens is 416 g/mol. The number of carbonyl (C=O) groups is 2. The van der Waals surface area contributed by atoms with Crippen LogP contribution in [-0.4, -0.2) is 24.7 Å². The van der Waals surface area contributed by atoms with Crippen molar-refractivity contribution in [2.45, 2.75) is 6.92 Å². The number of esters is 1. The van der Waals surface area contributed by atoms with Gasteiger partial charge >= 0.3 is 5.97 Å². The van der Waals surface area contributed by atoms with Gasteiger partial charge in [-0.2, -0.15) is 5.10 Å². The van der Waals surface area contributed by atoms with Crippen molar-refractivity contribution in [2.75, 3.05) is 6.61 Å². The number of fused-ring (bicyclic) bond motifs is 1. The van der Waals surface area contributed by atoms with Gasteiger partial charge in [-0.25, -0.2) is 10.2 Å². The number of nitrogens with one attached hydrogen (secondary N) is 1. The molecule has 0 radical (unpaired) electrons. The fourth-order valence-corrected chi connectivity index (χ4v) is 3.30. The van der Waals surface area contributed by atoms with Gasteiger partial charge in [0, 0.05) is 5.56 Å². The molecule has 1 amide bonds. The van der Waals surface area contributed by atoms with Gasteiger partial charge in [-0.15, -0.1) is 0 Å². The molecule has 0 unspecified atom stereocenters. The lowest BCUT2D eigenvalue weighted by molar-refractivity contribution is -0.123. The van der Waals surface area contributed by atoms with Crippen LogP contribution in [0.4, 0.5) is 0 Å². The highest BCUT2D eigenvalue weighted by Gasteiger charge is 2.14. The Bertz CT molecular complexity index is 1320. The number of hydrogen-bond donors (Lipinski definition) is 1. The number of para-hydroxylation sites is 1. The third-order valence-corrected chi connectivity index (χ3v) is 4.88. The van der Waals surface area contributed by atoms with Crippen LogP contribution in [0, 0.1) is 6.92 Å². The summed E-state index contributed by atoms with van der Waals surface area (Å²) in [6, 6.07) is 27.5. The monoisotopic (exact) mass is 438 g/mol. The molecule has 4 aromatic rings. The summed E-state index contributed by atoms with van der Waals surface area (Å²) in [6.07, 6.45) is 1.47. The molecule has 0 aliphatic carbocycles. The Kier molecular flexibility index (Phi) is 6.75. The van der Waals surface area contributed by atoms with Gasteiger partial charge in [0.2, 0.25) is 0 Å². The van der Waals surface area contributed by atoms with Gasteiger partial charge in [-0.3, -0.25) is 4.79 Å². The Hall–Kier alpha value is -4.45. The number of aryl methyl sites for hydroxylation is 1. The molecule has 0 saturated heterocycles. The Morgan fingerprint density at radius 1 is 0.909 bits per heavy atom. The van der Waals surface area contributed by atoms with Crippen LogP contribution < -0.4 is 14.9 Å². The highest BCUT2D eigenvalue weighted by Crippen LogP contribution is 2.27. The molecule has 0 aliphatic heterocycles. The molecule has 0 atom stereocenters. The van der Waals surface area contributed by atoms with E-state index in [0.717, 1.165) is 16.3 Å². The Morgan fingerprint density at radius 3 is 2.52 bits per heavy atom. The van der Waals surface area contributed by atoms with Crippen LogP contribution in [0.25, 0.3) is 10.8 Å². The maximum Gasteiger partial charge on any atom is 0.343 e. The quantitative estimate of drug-likeness (QED) is 0.193. The number of nitrogens with zero attached hydrogens (tertiary/aromatic N) is 1. The van der Waals surface area contributed by atoms with E-state index in [4.69, 9.17) is 9.47 Å². The Labute approximate surface area is 191 Å². The molecule has 0 aliphatic rings. The first-order valence-electron chi connectivity index (χ1n) is 10.4. The summed E-state index contributed by atoms with van der Waals surface area (Å²) in [5, 5.41) is 5.85. The minimum Gasteiger partial charge on any atom is -0.484 e. The summed E-state index contributed by atoms with van der Waals surface area (Å²) in [7, 11) is 0. The third-order valence-electron chi connectivity index (χ3n) is 4.88. The summed E-state index contributed by atoms with van der Waals surface area (Å²) < 4.78 is 11.1. The Morgan fingerprint density at radius 2 is 1.70 bits per heavy atom. The molecule has 0 fully saturated rings. The molecule has 6 heteroatoms. The number of hydrazone groups is 1. The zero-order chi connectivity index (χ0) is 23.0. The summed E-state index contributed by atoms with van der Waals surface area (Å²) in [5.74, 6) is 0.0624. The van der Waals surface area contributed by atoms with Gasteiger partial charge in [0.15, 0.2) is 6.61 Å². The second kappa shape index (κ2) is 10.2. The molecule has 0 spiro atoms. The fraction of sp³-hybridized carbons (Fsp3) is 0.0741. The average Bonchev–Trinajstić information content (AvgIpc) is 2.84. The average molecular weight is 438 g/mol. The van der Waals surface area contributed by atoms with E-state index >= 15 is 0 Å². The van der Waals surface area contributed by atoms with E-state index in [2.05, 4.69) is 10.5 Å². The van der Waals surface area contributed by atoms with Gasteiger partial charge in [0.1, 0.15) is 11.5 Å². The highest BCUT2D eigenvalue weighted by atomic mass is 16.5. The second-order valence-electron chi connectivity index (χ2n) is 7.35. The molecule has 4 aromatic carbocycles. The van der Waals surface area contributed by atoms with E-state index in [1.807, 2.05) is 67.6 Å². The predicted molar refractivity (Wildman–Crippen MR) is 128 cm³/mol. The summed E-state index contributed by atoms with van der Waals surface area (Å²) in [4.78, 5) is 24.8. The fourth-order valence-electron chi connectivity index (χ4n) is 3.30. The number of benzene rings is 4. The molecule has 164 valence electrons. The summed E-state index contributed by atoms with van der Waals surface area (Å²) >= 11 is 0. The van der Waals surface area contributed by atoms with Gasteiger partial charge in [0.25, 0.3) is 5.91 Å². The van der Waals surface area contributed by atoms with Crippen LogP contribution in [-0.2, 0) is 4.79 Å². The Balaban J connectivity index is 1.52. The van der Waals surface area contributed by atoms with Gasteiger partial charge < -0.3 is 9.47 Å². The van der Waals surface area contributed by atoms with E-state index < -0.39 is 11.9 Å². The highest BCUT2D eigenvalue weighted by molar-refractivity contribution is 6.04. The molecule has 0 saturated carbocycles. The first kappa shape index (κ1) is 21.8. The molecular formula is C27H22N2O4. The molecule has 33 heavy (non-hydrogen) atoms. The SMILES string of the molecule is Cc1cccc(C(=O)Oc2ccc3ccccc3c2/C=N/NC(=O)COc2ccccc2)c1. The van der Waals surface area contributed by atoms with E-state index in [-0.39, 0.29) is 6.61 Å². The first-order valence-corrected chi connectivity index (χ1v) is 10.4. The lowest BCUT2D eigenvalue weighted by Crippen LogP contribution is -2.24. The van der Waals surface area contributed by atoms with Crippen molar-refractivity contribution < 1.29 is 19.1 Å². The van der Waals surface area contributed by atoms with Crippen molar-refractivity contribution >= 4 is 28.9 Å². The zero-order valence-corrected chi connectivity index (χ0v) is 18.0. The molecule has 6 nitrogen and oxygen atoms in total. The topological polar surface area (TPSA) is 77.0 Å². The van der Waals surface area contributed by atoms with Crippen LogP contribution in [0.5, 0.6) is 11.5 Å². The van der Waals surface area contributed by atoms with Crippen LogP contribution in [0.1, 0.15) is 21.5 Å². The van der Waals surface area contributed by atoms with Crippen LogP contribution >= 0.6 is 0 Å². The minimum atomic E-state index is -0.469. The second-order valence-corrected chi connectivity index (χ2v) is 7.35. The molecule has 4 rings (SSSR count). The first-order chi connectivity index (χ1) is 16.1. The van der Waals surface area contributed by atoms with Crippen LogP contribution in [0.2, 0.25) is 0 Å². The van der Waals surface area contributed by atoms with E-state index in [1.165, 1.54) is 6.21 Å². The van der Waals surface area contributed by atoms with Crippen molar-refractivity contribution in [2.24, 2.45) is 5.10 Å². The summed E-state index contributed by atoms with van der Waals surface area (Å²) in [6.45, 7) is 1.74. The number of amides is 1. The smallest absolute Gasteiger partial charge is 0.343 e. The standard InChI is InChI=1S/C27H22N2O4/c1-19-8-7-10-21(16-19)27(31)33-25-15-14-20-9-5-6-13-23(20)24(25)17-28-29-26(30)18-32-22-11-3-2-4-12-22/h2-17H,18H2,1H3,(H,29,30)/b28-17+. The van der Waals surface area contributed by atoms with Gasteiger partial charge in [-0.05, 0) is 48.0 Å². The maximum atomic E-state index is 12.7.